The van der Waals surface area contributed by atoms with E-state index in [0.717, 1.165) is 51.9 Å². The molecule has 1 atom stereocenters. The predicted octanol–water partition coefficient (Wildman–Crippen LogP) is 1.10. The highest BCUT2D eigenvalue weighted by Gasteiger charge is 2.32. The van der Waals surface area contributed by atoms with Gasteiger partial charge in [0.2, 0.25) is 11.9 Å². The Bertz CT molecular complexity index is 653. The summed E-state index contributed by atoms with van der Waals surface area (Å²) in [5.41, 5.74) is 0. The molecule has 0 aliphatic carbocycles. The lowest BCUT2D eigenvalue weighted by Gasteiger charge is -2.42. The van der Waals surface area contributed by atoms with E-state index in [4.69, 9.17) is 4.74 Å². The summed E-state index contributed by atoms with van der Waals surface area (Å²) in [4.78, 5) is 25.4. The molecule has 2 saturated heterocycles. The van der Waals surface area contributed by atoms with E-state index in [1.54, 1.807) is 14.2 Å². The maximum atomic E-state index is 13.6. The van der Waals surface area contributed by atoms with Crippen molar-refractivity contribution in [3.05, 3.63) is 12.0 Å². The Morgan fingerprint density at radius 1 is 1.32 bits per heavy atom. The number of amides is 1. The minimum Gasteiger partial charge on any atom is -0.383 e. The first-order valence-electron chi connectivity index (χ1n) is 10.1. The number of rotatable bonds is 7. The summed E-state index contributed by atoms with van der Waals surface area (Å²) in [6.07, 6.45) is 5.21. The highest BCUT2D eigenvalue weighted by molar-refractivity contribution is 5.78. The monoisotopic (exact) mass is 394 g/mol. The molecule has 9 heteroatoms. The smallest absolute Gasteiger partial charge is 0.227 e. The molecule has 8 nitrogen and oxygen atoms in total. The van der Waals surface area contributed by atoms with Crippen molar-refractivity contribution >= 4 is 17.7 Å². The van der Waals surface area contributed by atoms with Gasteiger partial charge in [0.25, 0.3) is 0 Å². The zero-order valence-electron chi connectivity index (χ0n) is 16.8. The summed E-state index contributed by atoms with van der Waals surface area (Å²) in [5, 5.41) is 5.73. The molecule has 0 saturated carbocycles. The van der Waals surface area contributed by atoms with Crippen molar-refractivity contribution in [3.63, 3.8) is 0 Å². The lowest BCUT2D eigenvalue weighted by molar-refractivity contribution is -0.127. The number of aromatic nitrogens is 2. The maximum absolute atomic E-state index is 13.6. The van der Waals surface area contributed by atoms with E-state index in [0.29, 0.717) is 25.1 Å². The number of piperidine rings is 2. The van der Waals surface area contributed by atoms with Gasteiger partial charge in [-0.05, 0) is 32.2 Å². The van der Waals surface area contributed by atoms with Crippen LogP contribution in [0.15, 0.2) is 6.20 Å². The molecular weight excluding hydrogens is 363 g/mol. The first kappa shape index (κ1) is 20.7. The molecule has 0 unspecified atom stereocenters. The number of nitrogens with zero attached hydrogens (tertiary/aromatic N) is 4. The fraction of sp³-hybridized carbons (Fsp3) is 0.737. The van der Waals surface area contributed by atoms with Crippen LogP contribution in [0.3, 0.4) is 0 Å². The topological polar surface area (TPSA) is 82.6 Å². The van der Waals surface area contributed by atoms with Gasteiger partial charge >= 0.3 is 0 Å². The van der Waals surface area contributed by atoms with Crippen molar-refractivity contribution < 1.29 is 13.9 Å². The molecular formula is C19H31FN6O2. The molecule has 2 fully saturated rings. The Morgan fingerprint density at radius 3 is 2.82 bits per heavy atom. The van der Waals surface area contributed by atoms with Crippen LogP contribution in [0.4, 0.5) is 16.2 Å². The number of nitrogens with one attached hydrogen (secondary N) is 2. The summed E-state index contributed by atoms with van der Waals surface area (Å²) < 4.78 is 18.6. The van der Waals surface area contributed by atoms with Crippen LogP contribution in [0.2, 0.25) is 0 Å². The third kappa shape index (κ3) is 5.08. The van der Waals surface area contributed by atoms with Gasteiger partial charge in [-0.3, -0.25) is 9.69 Å². The molecule has 3 heterocycles. The molecule has 2 aliphatic heterocycles. The quantitative estimate of drug-likeness (QED) is 0.670. The molecule has 2 N–H and O–H groups in total. The number of methoxy groups -OCH3 is 1. The SMILES string of the molecule is CNc1nc(N2CCC(N3CCC[C@@H](C(=O)NCCOC)C3)CC2)ncc1F. The normalized spacial score (nSPS) is 21.5. The number of hydrogen-bond acceptors (Lipinski definition) is 7. The summed E-state index contributed by atoms with van der Waals surface area (Å²) in [5.74, 6) is 0.550. The number of anilines is 2. The van der Waals surface area contributed by atoms with Gasteiger partial charge in [0.1, 0.15) is 0 Å². The molecule has 0 bridgehead atoms. The number of halogens is 1. The molecule has 1 aromatic rings. The molecule has 28 heavy (non-hydrogen) atoms. The zero-order chi connectivity index (χ0) is 19.9. The predicted molar refractivity (Wildman–Crippen MR) is 106 cm³/mol. The minimum atomic E-state index is -0.440. The molecule has 0 aromatic carbocycles. The van der Waals surface area contributed by atoms with Crippen LogP contribution in [0.1, 0.15) is 25.7 Å². The van der Waals surface area contributed by atoms with Gasteiger partial charge in [-0.1, -0.05) is 0 Å². The van der Waals surface area contributed by atoms with Crippen molar-refractivity contribution in [2.75, 3.05) is 63.7 Å². The summed E-state index contributed by atoms with van der Waals surface area (Å²) in [6, 6.07) is 0.468. The molecule has 3 rings (SSSR count). The van der Waals surface area contributed by atoms with Crippen LogP contribution < -0.4 is 15.5 Å². The Kier molecular flexibility index (Phi) is 7.38. The van der Waals surface area contributed by atoms with Crippen LogP contribution in [0, 0.1) is 11.7 Å². The summed E-state index contributed by atoms with van der Waals surface area (Å²) in [7, 11) is 3.29. The Morgan fingerprint density at radius 2 is 2.11 bits per heavy atom. The first-order valence-corrected chi connectivity index (χ1v) is 10.1. The molecule has 1 aromatic heterocycles. The van der Waals surface area contributed by atoms with E-state index < -0.39 is 5.82 Å². The number of ether oxygens (including phenoxy) is 1. The van der Waals surface area contributed by atoms with Crippen LogP contribution in [-0.2, 0) is 9.53 Å². The molecule has 1 amide bonds. The highest BCUT2D eigenvalue weighted by Crippen LogP contribution is 2.26. The van der Waals surface area contributed by atoms with Crippen molar-refractivity contribution in [2.24, 2.45) is 5.92 Å². The fourth-order valence-electron chi connectivity index (χ4n) is 4.09. The lowest BCUT2D eigenvalue weighted by Crippen LogP contribution is -2.51. The maximum Gasteiger partial charge on any atom is 0.227 e. The average molecular weight is 394 g/mol. The van der Waals surface area contributed by atoms with E-state index in [1.165, 1.54) is 6.20 Å². The summed E-state index contributed by atoms with van der Waals surface area (Å²) >= 11 is 0. The Hall–Kier alpha value is -2.00. The minimum absolute atomic E-state index is 0.0576. The molecule has 0 radical (unpaired) electrons. The lowest BCUT2D eigenvalue weighted by atomic mass is 9.93. The van der Waals surface area contributed by atoms with E-state index in [1.807, 2.05) is 0 Å². The molecule has 156 valence electrons. The third-order valence-electron chi connectivity index (χ3n) is 5.66. The third-order valence-corrected chi connectivity index (χ3v) is 5.66. The second-order valence-electron chi connectivity index (χ2n) is 7.45. The number of hydrogen-bond donors (Lipinski definition) is 2. The van der Waals surface area contributed by atoms with Gasteiger partial charge in [-0.25, -0.2) is 9.37 Å². The van der Waals surface area contributed by atoms with Gasteiger partial charge in [-0.15, -0.1) is 0 Å². The average Bonchev–Trinajstić information content (AvgIpc) is 2.74. The fourth-order valence-corrected chi connectivity index (χ4v) is 4.09. The van der Waals surface area contributed by atoms with E-state index in [-0.39, 0.29) is 17.6 Å². The van der Waals surface area contributed by atoms with Crippen molar-refractivity contribution in [1.82, 2.24) is 20.2 Å². The largest absolute Gasteiger partial charge is 0.383 e. The summed E-state index contributed by atoms with van der Waals surface area (Å²) in [6.45, 7) is 4.64. The highest BCUT2D eigenvalue weighted by atomic mass is 19.1. The molecule has 2 aliphatic rings. The van der Waals surface area contributed by atoms with Crippen molar-refractivity contribution in [1.29, 1.82) is 0 Å². The van der Waals surface area contributed by atoms with Crippen LogP contribution >= 0.6 is 0 Å². The Labute approximate surface area is 165 Å². The molecule has 0 spiro atoms. The van der Waals surface area contributed by atoms with Gasteiger partial charge in [0.15, 0.2) is 11.6 Å². The zero-order valence-corrected chi connectivity index (χ0v) is 16.8. The van der Waals surface area contributed by atoms with Crippen LogP contribution in [0.5, 0.6) is 0 Å². The second-order valence-corrected chi connectivity index (χ2v) is 7.45. The standard InChI is InChI=1S/C19H31FN6O2/c1-21-17-16(20)12-23-19(24-17)25-9-5-15(6-10-25)26-8-3-4-14(13-26)18(27)22-7-11-28-2/h12,14-15H,3-11,13H2,1-2H3,(H,22,27)(H,21,23,24)/t14-/m1/s1. The van der Waals surface area contributed by atoms with Gasteiger partial charge in [0.05, 0.1) is 18.7 Å². The second kappa shape index (κ2) is 9.97. The van der Waals surface area contributed by atoms with Crippen LogP contribution in [0.25, 0.3) is 0 Å². The number of likely N-dealkylation sites (tertiary alicyclic amines) is 1. The van der Waals surface area contributed by atoms with Gasteiger partial charge < -0.3 is 20.3 Å². The first-order chi connectivity index (χ1) is 13.6. The van der Waals surface area contributed by atoms with Crippen LogP contribution in [-0.4, -0.2) is 80.3 Å². The Balaban J connectivity index is 1.51. The van der Waals surface area contributed by atoms with Gasteiger partial charge in [-0.2, -0.15) is 4.98 Å². The number of carbonyl (C=O) groups excluding carboxylic acids is 1. The number of carbonyl (C=O) groups is 1. The van der Waals surface area contributed by atoms with Gasteiger partial charge in [0, 0.05) is 46.4 Å². The van der Waals surface area contributed by atoms with E-state index in [9.17, 15) is 9.18 Å². The van der Waals surface area contributed by atoms with Crippen molar-refractivity contribution in [3.8, 4) is 0 Å². The van der Waals surface area contributed by atoms with Crippen molar-refractivity contribution in [2.45, 2.75) is 31.7 Å². The van der Waals surface area contributed by atoms with E-state index >= 15 is 0 Å². The van der Waals surface area contributed by atoms with E-state index in [2.05, 4.69) is 30.4 Å².